The number of hydrogen-bond donors (Lipinski definition) is 1. The second-order valence-electron chi connectivity index (χ2n) is 10.1. The first-order chi connectivity index (χ1) is 18.9. The Morgan fingerprint density at radius 1 is 0.949 bits per heavy atom. The van der Waals surface area contributed by atoms with Gasteiger partial charge in [-0.05, 0) is 48.0 Å². The molecule has 5 rings (SSSR count). The van der Waals surface area contributed by atoms with Crippen LogP contribution in [0.3, 0.4) is 0 Å². The van der Waals surface area contributed by atoms with Crippen LogP contribution >= 0.6 is 0 Å². The van der Waals surface area contributed by atoms with Gasteiger partial charge in [-0.1, -0.05) is 36.4 Å². The molecule has 0 saturated carbocycles. The van der Waals surface area contributed by atoms with E-state index in [1.165, 1.54) is 0 Å². The van der Waals surface area contributed by atoms with Crippen molar-refractivity contribution >= 4 is 5.91 Å². The molecule has 0 atom stereocenters. The maximum Gasteiger partial charge on any atom is 0.264 e. The molecule has 2 aliphatic heterocycles. The number of rotatable bonds is 9. The van der Waals surface area contributed by atoms with Crippen LogP contribution in [0.4, 0.5) is 8.78 Å². The molecular weight excluding hydrogens is 504 g/mol. The number of phenols is 1. The molecule has 0 aromatic heterocycles. The molecule has 0 aliphatic carbocycles. The first-order valence-electron chi connectivity index (χ1n) is 13.1. The van der Waals surface area contributed by atoms with Gasteiger partial charge in [0.25, 0.3) is 12.3 Å². The highest BCUT2D eigenvalue weighted by Gasteiger charge is 2.30. The molecule has 9 heteroatoms. The maximum absolute atomic E-state index is 13.6. The van der Waals surface area contributed by atoms with Gasteiger partial charge < -0.3 is 24.4 Å². The van der Waals surface area contributed by atoms with E-state index < -0.39 is 23.6 Å². The van der Waals surface area contributed by atoms with E-state index >= 15 is 0 Å². The van der Waals surface area contributed by atoms with Gasteiger partial charge in [-0.25, -0.2) is 8.78 Å². The number of carbonyl (C=O) groups excluding carboxylic acids is 1. The lowest BCUT2D eigenvalue weighted by molar-refractivity contribution is 0.0742. The number of ether oxygens (including phenoxy) is 2. The lowest BCUT2D eigenvalue weighted by atomic mass is 10.1. The van der Waals surface area contributed by atoms with Crippen molar-refractivity contribution in [3.63, 3.8) is 0 Å². The number of fused-ring (bicyclic) bond motifs is 1. The van der Waals surface area contributed by atoms with Crippen molar-refractivity contribution in [2.45, 2.75) is 26.1 Å². The summed E-state index contributed by atoms with van der Waals surface area (Å²) in [6, 6.07) is 17.1. The fraction of sp³-hybridized carbons (Fsp3) is 0.367. The van der Waals surface area contributed by atoms with Crippen LogP contribution in [-0.4, -0.2) is 72.1 Å². The highest BCUT2D eigenvalue weighted by Crippen LogP contribution is 2.37. The van der Waals surface area contributed by atoms with Crippen LogP contribution in [0.15, 0.2) is 60.7 Å². The van der Waals surface area contributed by atoms with E-state index in [2.05, 4.69) is 16.8 Å². The zero-order chi connectivity index (χ0) is 27.4. The van der Waals surface area contributed by atoms with Crippen molar-refractivity contribution in [2.75, 3.05) is 46.4 Å². The molecule has 1 amide bonds. The summed E-state index contributed by atoms with van der Waals surface area (Å²) in [5.74, 6) is -0.328. The quantitative estimate of drug-likeness (QED) is 0.427. The van der Waals surface area contributed by atoms with Crippen molar-refractivity contribution < 1.29 is 28.2 Å². The number of nitrogens with zero attached hydrogens (tertiary/aromatic N) is 3. The normalized spacial score (nSPS) is 15.9. The fourth-order valence-electron chi connectivity index (χ4n) is 4.94. The molecule has 3 aromatic carbocycles. The summed E-state index contributed by atoms with van der Waals surface area (Å²) in [6.45, 7) is 6.34. The molecule has 1 saturated heterocycles. The Hall–Kier alpha value is -3.69. The number of hydrogen-bond acceptors (Lipinski definition) is 6. The van der Waals surface area contributed by atoms with Crippen molar-refractivity contribution in [1.82, 2.24) is 14.7 Å². The number of carbonyl (C=O) groups is 1. The summed E-state index contributed by atoms with van der Waals surface area (Å²) < 4.78 is 38.7. The van der Waals surface area contributed by atoms with Gasteiger partial charge in [0.05, 0.1) is 0 Å². The number of benzene rings is 3. The Morgan fingerprint density at radius 2 is 1.69 bits per heavy atom. The second kappa shape index (κ2) is 12.0. The molecule has 7 nitrogen and oxygen atoms in total. The van der Waals surface area contributed by atoms with E-state index in [1.54, 1.807) is 4.90 Å². The molecular formula is C30H33F2N3O4. The van der Waals surface area contributed by atoms with Crippen LogP contribution in [0, 0.1) is 0 Å². The van der Waals surface area contributed by atoms with Crippen molar-refractivity contribution in [3.8, 4) is 17.2 Å². The van der Waals surface area contributed by atoms with Gasteiger partial charge in [-0.15, -0.1) is 0 Å². The van der Waals surface area contributed by atoms with Gasteiger partial charge in [0.2, 0.25) is 0 Å². The summed E-state index contributed by atoms with van der Waals surface area (Å²) in [4.78, 5) is 19.8. The van der Waals surface area contributed by atoms with Crippen LogP contribution in [0.1, 0.15) is 39.0 Å². The Balaban J connectivity index is 1.26. The summed E-state index contributed by atoms with van der Waals surface area (Å²) in [5.41, 5.74) is 2.22. The number of amides is 1. The molecule has 0 spiro atoms. The van der Waals surface area contributed by atoms with Crippen molar-refractivity contribution in [1.29, 1.82) is 0 Å². The average Bonchev–Trinajstić information content (AvgIpc) is 3.36. The molecule has 3 aromatic rings. The van der Waals surface area contributed by atoms with Gasteiger partial charge in [-0.2, -0.15) is 0 Å². The first-order valence-corrected chi connectivity index (χ1v) is 13.1. The van der Waals surface area contributed by atoms with Gasteiger partial charge >= 0.3 is 0 Å². The summed E-state index contributed by atoms with van der Waals surface area (Å²) >= 11 is 0. The molecule has 39 heavy (non-hydrogen) atoms. The highest BCUT2D eigenvalue weighted by atomic mass is 19.3. The molecule has 2 heterocycles. The lowest BCUT2D eigenvalue weighted by Gasteiger charge is -2.32. The van der Waals surface area contributed by atoms with E-state index in [4.69, 9.17) is 9.47 Å². The second-order valence-corrected chi connectivity index (χ2v) is 10.1. The third-order valence-electron chi connectivity index (χ3n) is 7.27. The van der Waals surface area contributed by atoms with E-state index in [1.807, 2.05) is 48.5 Å². The SMILES string of the molecule is CN1CCN(CCOc2ccc3c(c2)CN(C(=O)c2c(O)cc(C(F)F)cc2OCc2ccccc2)C3)CC1. The number of likely N-dealkylation sites (N-methyl/N-ethyl adjacent to an activating group) is 1. The minimum atomic E-state index is -2.81. The largest absolute Gasteiger partial charge is 0.507 e. The Kier molecular flexibility index (Phi) is 8.28. The van der Waals surface area contributed by atoms with Crippen LogP contribution in [-0.2, 0) is 19.7 Å². The minimum absolute atomic E-state index is 0.0666. The number of phenolic OH excluding ortho intramolecular Hbond substituents is 1. The zero-order valence-corrected chi connectivity index (χ0v) is 22.0. The molecule has 0 unspecified atom stereocenters. The van der Waals surface area contributed by atoms with E-state index in [0.29, 0.717) is 19.7 Å². The van der Waals surface area contributed by atoms with Crippen molar-refractivity contribution in [2.24, 2.45) is 0 Å². The van der Waals surface area contributed by atoms with Gasteiger partial charge in [0, 0.05) is 51.4 Å². The first kappa shape index (κ1) is 26.9. The van der Waals surface area contributed by atoms with E-state index in [9.17, 15) is 18.7 Å². The molecule has 0 bridgehead atoms. The molecule has 0 radical (unpaired) electrons. The third kappa shape index (κ3) is 6.49. The Bertz CT molecular complexity index is 1300. The molecule has 2 aliphatic rings. The minimum Gasteiger partial charge on any atom is -0.507 e. The summed E-state index contributed by atoms with van der Waals surface area (Å²) in [6.07, 6.45) is -2.81. The number of piperazine rings is 1. The smallest absolute Gasteiger partial charge is 0.264 e. The number of halogens is 2. The molecule has 1 fully saturated rings. The Morgan fingerprint density at radius 3 is 2.44 bits per heavy atom. The molecule has 206 valence electrons. The van der Waals surface area contributed by atoms with Crippen LogP contribution in [0.25, 0.3) is 0 Å². The van der Waals surface area contributed by atoms with Gasteiger partial charge in [0.1, 0.15) is 36.0 Å². The lowest BCUT2D eigenvalue weighted by Crippen LogP contribution is -2.45. The van der Waals surface area contributed by atoms with Gasteiger partial charge in [-0.3, -0.25) is 9.69 Å². The summed E-state index contributed by atoms with van der Waals surface area (Å²) in [7, 11) is 2.13. The van der Waals surface area contributed by atoms with Crippen LogP contribution < -0.4 is 9.47 Å². The fourth-order valence-corrected chi connectivity index (χ4v) is 4.94. The standard InChI is InChI=1S/C30H33F2N3O4/c1-33-9-11-34(12-10-33)13-14-38-25-8-7-22-18-35(19-24(22)15-25)30(37)28-26(36)16-23(29(31)32)17-27(28)39-20-21-5-3-2-4-6-21/h2-8,15-17,29,36H,9-14,18-20H2,1H3. The predicted molar refractivity (Wildman–Crippen MR) is 143 cm³/mol. The van der Waals surface area contributed by atoms with Crippen LogP contribution in [0.5, 0.6) is 17.2 Å². The third-order valence-corrected chi connectivity index (χ3v) is 7.27. The molecule has 1 N–H and O–H groups in total. The van der Waals surface area contributed by atoms with E-state index in [0.717, 1.165) is 67.3 Å². The topological polar surface area (TPSA) is 65.5 Å². The number of aromatic hydroxyl groups is 1. The van der Waals surface area contributed by atoms with E-state index in [-0.39, 0.29) is 17.9 Å². The highest BCUT2D eigenvalue weighted by molar-refractivity contribution is 6.00. The monoisotopic (exact) mass is 537 g/mol. The summed E-state index contributed by atoms with van der Waals surface area (Å²) in [5, 5.41) is 10.6. The average molecular weight is 538 g/mol. The zero-order valence-electron chi connectivity index (χ0n) is 22.0. The maximum atomic E-state index is 13.6. The van der Waals surface area contributed by atoms with Gasteiger partial charge in [0.15, 0.2) is 0 Å². The number of alkyl halides is 2. The predicted octanol–water partition coefficient (Wildman–Crippen LogP) is 4.69. The van der Waals surface area contributed by atoms with Crippen LogP contribution in [0.2, 0.25) is 0 Å². The Labute approximate surface area is 227 Å². The van der Waals surface area contributed by atoms with Crippen molar-refractivity contribution in [3.05, 3.63) is 88.5 Å².